The standard InChI is InChI=1S/C12H11ClF2N4O/c13-8-3-7(14)4-9(15)11(8)18-12(20)10-5-19(2-1-16)6-17-10/h3-6H,1-2,16H2,(H,18,20). The van der Waals surface area contributed by atoms with Gasteiger partial charge in [-0.25, -0.2) is 13.8 Å². The minimum absolute atomic E-state index is 0.0817. The Bertz CT molecular complexity index is 621. The van der Waals surface area contributed by atoms with Crippen LogP contribution in [-0.2, 0) is 6.54 Å². The summed E-state index contributed by atoms with van der Waals surface area (Å²) in [7, 11) is 0. The van der Waals surface area contributed by atoms with Crippen LogP contribution in [-0.4, -0.2) is 22.0 Å². The van der Waals surface area contributed by atoms with Gasteiger partial charge < -0.3 is 15.6 Å². The number of hydrogen-bond donors (Lipinski definition) is 2. The van der Waals surface area contributed by atoms with Crippen molar-refractivity contribution in [1.29, 1.82) is 0 Å². The van der Waals surface area contributed by atoms with Crippen molar-refractivity contribution in [1.82, 2.24) is 9.55 Å². The predicted molar refractivity (Wildman–Crippen MR) is 70.6 cm³/mol. The number of aromatic nitrogens is 2. The van der Waals surface area contributed by atoms with E-state index in [0.717, 1.165) is 6.07 Å². The first-order valence-electron chi connectivity index (χ1n) is 5.69. The van der Waals surface area contributed by atoms with Gasteiger partial charge in [-0.2, -0.15) is 0 Å². The van der Waals surface area contributed by atoms with E-state index in [2.05, 4.69) is 10.3 Å². The van der Waals surface area contributed by atoms with Crippen molar-refractivity contribution in [2.75, 3.05) is 11.9 Å². The van der Waals surface area contributed by atoms with Gasteiger partial charge in [-0.1, -0.05) is 11.6 Å². The largest absolute Gasteiger partial charge is 0.335 e. The number of anilines is 1. The van der Waals surface area contributed by atoms with E-state index in [1.54, 1.807) is 4.57 Å². The Balaban J connectivity index is 2.19. The smallest absolute Gasteiger partial charge is 0.275 e. The van der Waals surface area contributed by atoms with Crippen LogP contribution in [0.15, 0.2) is 24.7 Å². The highest BCUT2D eigenvalue weighted by atomic mass is 35.5. The fourth-order valence-corrected chi connectivity index (χ4v) is 1.83. The molecule has 0 radical (unpaired) electrons. The van der Waals surface area contributed by atoms with Crippen LogP contribution in [0.1, 0.15) is 10.5 Å². The minimum Gasteiger partial charge on any atom is -0.335 e. The Labute approximate surface area is 118 Å². The van der Waals surface area contributed by atoms with Crippen molar-refractivity contribution >= 4 is 23.2 Å². The van der Waals surface area contributed by atoms with Crippen LogP contribution in [0.3, 0.4) is 0 Å². The Kier molecular flexibility index (Phi) is 4.31. The van der Waals surface area contributed by atoms with Gasteiger partial charge in [0.1, 0.15) is 11.5 Å². The fraction of sp³-hybridized carbons (Fsp3) is 0.167. The van der Waals surface area contributed by atoms with Crippen LogP contribution in [0, 0.1) is 11.6 Å². The van der Waals surface area contributed by atoms with Crippen molar-refractivity contribution in [2.45, 2.75) is 6.54 Å². The molecule has 0 spiro atoms. The molecule has 1 heterocycles. The van der Waals surface area contributed by atoms with Crippen LogP contribution in [0.5, 0.6) is 0 Å². The van der Waals surface area contributed by atoms with Gasteiger partial charge in [-0.15, -0.1) is 0 Å². The Morgan fingerprint density at radius 2 is 2.20 bits per heavy atom. The van der Waals surface area contributed by atoms with Crippen molar-refractivity contribution in [3.05, 3.63) is 47.0 Å². The van der Waals surface area contributed by atoms with Gasteiger partial charge in [0, 0.05) is 25.4 Å². The van der Waals surface area contributed by atoms with Gasteiger partial charge in [0.2, 0.25) is 0 Å². The number of halogens is 3. The highest BCUT2D eigenvalue weighted by molar-refractivity contribution is 6.33. The quantitative estimate of drug-likeness (QED) is 0.907. The summed E-state index contributed by atoms with van der Waals surface area (Å²) < 4.78 is 28.0. The first-order chi connectivity index (χ1) is 9.51. The van der Waals surface area contributed by atoms with E-state index < -0.39 is 17.5 Å². The van der Waals surface area contributed by atoms with E-state index in [4.69, 9.17) is 17.3 Å². The first-order valence-corrected chi connectivity index (χ1v) is 6.07. The van der Waals surface area contributed by atoms with Crippen molar-refractivity contribution in [3.8, 4) is 0 Å². The zero-order valence-corrected chi connectivity index (χ0v) is 11.0. The molecule has 1 aromatic carbocycles. The Hall–Kier alpha value is -1.99. The Morgan fingerprint density at radius 3 is 2.85 bits per heavy atom. The van der Waals surface area contributed by atoms with Gasteiger partial charge >= 0.3 is 0 Å². The highest BCUT2D eigenvalue weighted by Crippen LogP contribution is 2.26. The van der Waals surface area contributed by atoms with E-state index in [1.807, 2.05) is 0 Å². The molecule has 0 bridgehead atoms. The number of benzene rings is 1. The lowest BCUT2D eigenvalue weighted by Crippen LogP contribution is -2.14. The molecule has 0 fully saturated rings. The summed E-state index contributed by atoms with van der Waals surface area (Å²) in [4.78, 5) is 15.7. The van der Waals surface area contributed by atoms with Gasteiger partial charge in [0.25, 0.3) is 5.91 Å². The number of rotatable bonds is 4. The monoisotopic (exact) mass is 300 g/mol. The number of carbonyl (C=O) groups is 1. The molecule has 20 heavy (non-hydrogen) atoms. The molecule has 5 nitrogen and oxygen atoms in total. The van der Waals surface area contributed by atoms with E-state index in [1.165, 1.54) is 12.5 Å². The van der Waals surface area contributed by atoms with E-state index in [9.17, 15) is 13.6 Å². The number of nitrogens with one attached hydrogen (secondary N) is 1. The fourth-order valence-electron chi connectivity index (χ4n) is 1.59. The van der Waals surface area contributed by atoms with E-state index >= 15 is 0 Å². The average molecular weight is 301 g/mol. The number of imidazole rings is 1. The van der Waals surface area contributed by atoms with Crippen molar-refractivity contribution in [3.63, 3.8) is 0 Å². The van der Waals surface area contributed by atoms with E-state index in [-0.39, 0.29) is 16.4 Å². The molecular formula is C12H11ClF2N4O. The summed E-state index contributed by atoms with van der Waals surface area (Å²) in [6.07, 6.45) is 2.90. The third-order valence-electron chi connectivity index (χ3n) is 2.50. The summed E-state index contributed by atoms with van der Waals surface area (Å²) in [5, 5.41) is 2.03. The van der Waals surface area contributed by atoms with Crippen LogP contribution in [0.25, 0.3) is 0 Å². The third kappa shape index (κ3) is 3.12. The molecule has 0 aliphatic heterocycles. The molecule has 0 aliphatic carbocycles. The molecule has 0 aliphatic rings. The molecular weight excluding hydrogens is 290 g/mol. The van der Waals surface area contributed by atoms with Crippen LogP contribution >= 0.6 is 11.6 Å². The zero-order chi connectivity index (χ0) is 14.7. The summed E-state index contributed by atoms with van der Waals surface area (Å²) in [5.74, 6) is -2.42. The molecule has 3 N–H and O–H groups in total. The lowest BCUT2D eigenvalue weighted by molar-refractivity contribution is 0.102. The van der Waals surface area contributed by atoms with Crippen LogP contribution in [0.4, 0.5) is 14.5 Å². The highest BCUT2D eigenvalue weighted by Gasteiger charge is 2.15. The molecule has 2 rings (SSSR count). The normalized spacial score (nSPS) is 10.6. The number of nitrogens with zero attached hydrogens (tertiary/aromatic N) is 2. The zero-order valence-electron chi connectivity index (χ0n) is 10.2. The van der Waals surface area contributed by atoms with E-state index in [0.29, 0.717) is 19.2 Å². The third-order valence-corrected chi connectivity index (χ3v) is 2.80. The first kappa shape index (κ1) is 14.4. The van der Waals surface area contributed by atoms with Crippen molar-refractivity contribution < 1.29 is 13.6 Å². The number of carbonyl (C=O) groups excluding carboxylic acids is 1. The topological polar surface area (TPSA) is 72.9 Å². The number of hydrogen-bond acceptors (Lipinski definition) is 3. The van der Waals surface area contributed by atoms with Gasteiger partial charge in [-0.05, 0) is 6.07 Å². The van der Waals surface area contributed by atoms with Gasteiger partial charge in [0.05, 0.1) is 17.0 Å². The number of nitrogens with two attached hydrogens (primary N) is 1. The summed E-state index contributed by atoms with van der Waals surface area (Å²) in [6.45, 7) is 0.905. The molecule has 106 valence electrons. The lowest BCUT2D eigenvalue weighted by Gasteiger charge is -2.07. The molecule has 0 atom stereocenters. The minimum atomic E-state index is -0.954. The second-order valence-electron chi connectivity index (χ2n) is 3.98. The van der Waals surface area contributed by atoms with Crippen molar-refractivity contribution in [2.24, 2.45) is 5.73 Å². The van der Waals surface area contributed by atoms with Crippen LogP contribution < -0.4 is 11.1 Å². The molecule has 2 aromatic rings. The second kappa shape index (κ2) is 5.98. The maximum Gasteiger partial charge on any atom is 0.275 e. The molecule has 0 saturated heterocycles. The summed E-state index contributed by atoms with van der Waals surface area (Å²) >= 11 is 5.68. The summed E-state index contributed by atoms with van der Waals surface area (Å²) in [5.41, 5.74) is 5.17. The average Bonchev–Trinajstić information content (AvgIpc) is 2.82. The van der Waals surface area contributed by atoms with Crippen LogP contribution in [0.2, 0.25) is 5.02 Å². The SMILES string of the molecule is NCCn1cnc(C(=O)Nc2c(F)cc(F)cc2Cl)c1. The Morgan fingerprint density at radius 1 is 1.45 bits per heavy atom. The molecule has 0 unspecified atom stereocenters. The molecule has 1 amide bonds. The lowest BCUT2D eigenvalue weighted by atomic mass is 10.3. The second-order valence-corrected chi connectivity index (χ2v) is 4.39. The molecule has 0 saturated carbocycles. The predicted octanol–water partition coefficient (Wildman–Crippen LogP) is 2.03. The maximum atomic E-state index is 13.5. The molecule has 8 heteroatoms. The summed E-state index contributed by atoms with van der Waals surface area (Å²) in [6, 6.07) is 1.54. The van der Waals surface area contributed by atoms with Gasteiger partial charge in [-0.3, -0.25) is 4.79 Å². The number of amides is 1. The molecule has 1 aromatic heterocycles. The van der Waals surface area contributed by atoms with Gasteiger partial charge in [0.15, 0.2) is 5.82 Å². The maximum absolute atomic E-state index is 13.5.